The number of benzene rings is 2. The minimum atomic E-state index is -0.789. The van der Waals surface area contributed by atoms with Gasteiger partial charge in [0.05, 0.1) is 4.92 Å². The van der Waals surface area contributed by atoms with E-state index in [1.54, 1.807) is 12.1 Å². The van der Waals surface area contributed by atoms with E-state index in [1.807, 2.05) is 0 Å². The van der Waals surface area contributed by atoms with Crippen LogP contribution in [0.5, 0.6) is 0 Å². The van der Waals surface area contributed by atoms with Gasteiger partial charge in [0.25, 0.3) is 11.6 Å². The summed E-state index contributed by atoms with van der Waals surface area (Å²) < 4.78 is 13.1. The van der Waals surface area contributed by atoms with Crippen molar-refractivity contribution in [3.63, 3.8) is 0 Å². The molecule has 0 fully saturated rings. The molecular weight excluding hydrogens is 351 g/mol. The molecule has 0 saturated heterocycles. The molecule has 0 aliphatic carbocycles. The zero-order chi connectivity index (χ0) is 18.4. The second-order valence-corrected chi connectivity index (χ2v) is 5.11. The maximum atomic E-state index is 13.1. The SMILES string of the molecule is N#C/C(=C/Nc1cccc(F)c1)C(=O)Nc1ccc(Cl)c([N+](=O)[O-])c1. The Labute approximate surface area is 146 Å². The third-order valence-corrected chi connectivity index (χ3v) is 3.29. The van der Waals surface area contributed by atoms with Gasteiger partial charge in [0.1, 0.15) is 22.5 Å². The lowest BCUT2D eigenvalue weighted by molar-refractivity contribution is -0.384. The third-order valence-electron chi connectivity index (χ3n) is 2.97. The van der Waals surface area contributed by atoms with Crippen molar-refractivity contribution in [1.29, 1.82) is 5.26 Å². The molecule has 0 aromatic heterocycles. The second kappa shape index (κ2) is 7.90. The number of carbonyl (C=O) groups excluding carboxylic acids is 1. The summed E-state index contributed by atoms with van der Waals surface area (Å²) in [4.78, 5) is 22.2. The van der Waals surface area contributed by atoms with Crippen LogP contribution in [-0.4, -0.2) is 10.8 Å². The summed E-state index contributed by atoms with van der Waals surface area (Å²) in [5, 5.41) is 24.8. The molecule has 0 aliphatic rings. The second-order valence-electron chi connectivity index (χ2n) is 4.70. The monoisotopic (exact) mass is 360 g/mol. The Balaban J connectivity index is 2.15. The number of hydrogen-bond donors (Lipinski definition) is 2. The van der Waals surface area contributed by atoms with E-state index in [0.717, 1.165) is 12.3 Å². The molecule has 25 heavy (non-hydrogen) atoms. The van der Waals surface area contributed by atoms with E-state index in [0.29, 0.717) is 5.69 Å². The van der Waals surface area contributed by atoms with Crippen LogP contribution in [0.1, 0.15) is 0 Å². The Kier molecular flexibility index (Phi) is 5.66. The first kappa shape index (κ1) is 17.9. The van der Waals surface area contributed by atoms with Crippen LogP contribution in [0.15, 0.2) is 54.2 Å². The van der Waals surface area contributed by atoms with E-state index >= 15 is 0 Å². The number of nitro benzene ring substituents is 1. The molecule has 0 bridgehead atoms. The van der Waals surface area contributed by atoms with Gasteiger partial charge >= 0.3 is 0 Å². The van der Waals surface area contributed by atoms with Crippen LogP contribution >= 0.6 is 11.6 Å². The Morgan fingerprint density at radius 3 is 2.68 bits per heavy atom. The summed E-state index contributed by atoms with van der Waals surface area (Å²) in [5.74, 6) is -1.27. The first-order valence-corrected chi connectivity index (χ1v) is 7.16. The van der Waals surface area contributed by atoms with Gasteiger partial charge < -0.3 is 10.6 Å². The Hall–Kier alpha value is -3.44. The normalized spacial score (nSPS) is 10.7. The van der Waals surface area contributed by atoms with E-state index in [9.17, 15) is 19.3 Å². The third kappa shape index (κ3) is 4.76. The number of amides is 1. The highest BCUT2D eigenvalue weighted by Crippen LogP contribution is 2.27. The number of nitriles is 1. The van der Waals surface area contributed by atoms with Gasteiger partial charge in [-0.05, 0) is 30.3 Å². The average Bonchev–Trinajstić information content (AvgIpc) is 2.57. The van der Waals surface area contributed by atoms with E-state index in [4.69, 9.17) is 16.9 Å². The summed E-state index contributed by atoms with van der Waals surface area (Å²) in [7, 11) is 0. The summed E-state index contributed by atoms with van der Waals surface area (Å²) >= 11 is 5.69. The molecule has 0 radical (unpaired) electrons. The van der Waals surface area contributed by atoms with Crippen molar-refractivity contribution in [1.82, 2.24) is 0 Å². The zero-order valence-corrected chi connectivity index (χ0v) is 13.2. The first-order chi connectivity index (χ1) is 11.9. The fourth-order valence-corrected chi connectivity index (χ4v) is 2.00. The quantitative estimate of drug-likeness (QED) is 0.364. The molecule has 0 atom stereocenters. The molecule has 1 amide bonds. The molecule has 7 nitrogen and oxygen atoms in total. The van der Waals surface area contributed by atoms with Crippen molar-refractivity contribution in [3.05, 3.63) is 75.2 Å². The van der Waals surface area contributed by atoms with Crippen LogP contribution in [0.25, 0.3) is 0 Å². The van der Waals surface area contributed by atoms with Crippen LogP contribution in [0.3, 0.4) is 0 Å². The maximum Gasteiger partial charge on any atom is 0.289 e. The molecule has 2 aromatic rings. The number of carbonyl (C=O) groups is 1. The van der Waals surface area contributed by atoms with Gasteiger partial charge in [-0.25, -0.2) is 4.39 Å². The number of hydrogen-bond acceptors (Lipinski definition) is 5. The minimum absolute atomic E-state index is 0.0770. The van der Waals surface area contributed by atoms with Gasteiger partial charge in [0.15, 0.2) is 0 Å². The number of rotatable bonds is 5. The zero-order valence-electron chi connectivity index (χ0n) is 12.5. The van der Waals surface area contributed by atoms with Gasteiger partial charge in [-0.3, -0.25) is 14.9 Å². The van der Waals surface area contributed by atoms with Crippen molar-refractivity contribution in [2.45, 2.75) is 0 Å². The number of halogens is 2. The van der Waals surface area contributed by atoms with Crippen LogP contribution in [-0.2, 0) is 4.79 Å². The van der Waals surface area contributed by atoms with Crippen molar-refractivity contribution in [2.24, 2.45) is 0 Å². The summed E-state index contributed by atoms with van der Waals surface area (Å²) in [6.45, 7) is 0. The molecule has 0 spiro atoms. The van der Waals surface area contributed by atoms with Crippen molar-refractivity contribution < 1.29 is 14.1 Å². The molecule has 0 heterocycles. The molecule has 0 unspecified atom stereocenters. The number of nitro groups is 1. The highest BCUT2D eigenvalue weighted by molar-refractivity contribution is 6.32. The molecule has 0 aliphatic heterocycles. The molecule has 2 rings (SSSR count). The van der Waals surface area contributed by atoms with Gasteiger partial charge in [-0.15, -0.1) is 0 Å². The fourth-order valence-electron chi connectivity index (χ4n) is 1.81. The van der Waals surface area contributed by atoms with E-state index in [1.165, 1.54) is 30.3 Å². The predicted octanol–water partition coefficient (Wildman–Crippen LogP) is 3.85. The summed E-state index contributed by atoms with van der Waals surface area (Å²) in [6, 6.07) is 10.8. The van der Waals surface area contributed by atoms with Gasteiger partial charge in [-0.1, -0.05) is 17.7 Å². The van der Waals surface area contributed by atoms with Crippen LogP contribution in [0.2, 0.25) is 5.02 Å². The fraction of sp³-hybridized carbons (Fsp3) is 0. The van der Waals surface area contributed by atoms with Gasteiger partial charge in [-0.2, -0.15) is 5.26 Å². The molecule has 0 saturated carbocycles. The van der Waals surface area contributed by atoms with Gasteiger partial charge in [0, 0.05) is 23.6 Å². The highest BCUT2D eigenvalue weighted by Gasteiger charge is 2.15. The van der Waals surface area contributed by atoms with Crippen LogP contribution in [0.4, 0.5) is 21.5 Å². The molecular formula is C16H10ClFN4O3. The van der Waals surface area contributed by atoms with Crippen molar-refractivity contribution in [2.75, 3.05) is 10.6 Å². The average molecular weight is 361 g/mol. The minimum Gasteiger partial charge on any atom is -0.360 e. The topological polar surface area (TPSA) is 108 Å². The standard InChI is InChI=1S/C16H10ClFN4O3/c17-14-5-4-13(7-15(14)22(24)25)21-16(23)10(8-19)9-20-12-3-1-2-11(18)6-12/h1-7,9,20H,(H,21,23)/b10-9-. The number of nitrogens with one attached hydrogen (secondary N) is 2. The molecule has 126 valence electrons. The number of anilines is 2. The summed E-state index contributed by atoms with van der Waals surface area (Å²) in [5.41, 5.74) is -0.225. The van der Waals surface area contributed by atoms with E-state index in [-0.39, 0.29) is 22.0 Å². The smallest absolute Gasteiger partial charge is 0.289 e. The largest absolute Gasteiger partial charge is 0.360 e. The van der Waals surface area contributed by atoms with Crippen molar-refractivity contribution in [3.8, 4) is 6.07 Å². The summed E-state index contributed by atoms with van der Waals surface area (Å²) in [6.07, 6.45) is 1.11. The lowest BCUT2D eigenvalue weighted by Crippen LogP contribution is -2.14. The molecule has 2 aromatic carbocycles. The lowest BCUT2D eigenvalue weighted by atomic mass is 10.2. The first-order valence-electron chi connectivity index (χ1n) is 6.78. The van der Waals surface area contributed by atoms with Gasteiger partial charge in [0.2, 0.25) is 0 Å². The Morgan fingerprint density at radius 2 is 2.04 bits per heavy atom. The maximum absolute atomic E-state index is 13.1. The molecule has 9 heteroatoms. The lowest BCUT2D eigenvalue weighted by Gasteiger charge is -2.06. The number of nitrogens with zero attached hydrogens (tertiary/aromatic N) is 2. The van der Waals surface area contributed by atoms with E-state index < -0.39 is 16.6 Å². The molecule has 2 N–H and O–H groups in total. The van der Waals surface area contributed by atoms with Crippen molar-refractivity contribution >= 4 is 34.6 Å². The predicted molar refractivity (Wildman–Crippen MR) is 90.5 cm³/mol. The Morgan fingerprint density at radius 1 is 1.28 bits per heavy atom. The Bertz CT molecular complexity index is 908. The van der Waals surface area contributed by atoms with E-state index in [2.05, 4.69) is 10.6 Å². The highest BCUT2D eigenvalue weighted by atomic mass is 35.5. The van der Waals surface area contributed by atoms with Crippen LogP contribution in [0, 0.1) is 27.3 Å². The van der Waals surface area contributed by atoms with Crippen LogP contribution < -0.4 is 10.6 Å².